The highest BCUT2D eigenvalue weighted by molar-refractivity contribution is 5.94. The number of nitrogens with one attached hydrogen (secondary N) is 2. The normalized spacial score (nSPS) is 16.7. The zero-order valence-electron chi connectivity index (χ0n) is 19.0. The molecular weight excluding hydrogens is 424 g/mol. The van der Waals surface area contributed by atoms with Crippen LogP contribution >= 0.6 is 0 Å². The number of amides is 1. The predicted molar refractivity (Wildman–Crippen MR) is 122 cm³/mol. The Balaban J connectivity index is 1.57. The first kappa shape index (κ1) is 22.6. The van der Waals surface area contributed by atoms with Gasteiger partial charge in [-0.25, -0.2) is 4.98 Å². The first-order valence-electron chi connectivity index (χ1n) is 10.9. The van der Waals surface area contributed by atoms with Gasteiger partial charge in [-0.2, -0.15) is 0 Å². The lowest BCUT2D eigenvalue weighted by atomic mass is 9.98. The molecule has 174 valence electrons. The summed E-state index contributed by atoms with van der Waals surface area (Å²) in [6.07, 6.45) is 3.87. The highest BCUT2D eigenvalue weighted by atomic mass is 16.5. The van der Waals surface area contributed by atoms with Gasteiger partial charge in [0.2, 0.25) is 5.75 Å². The van der Waals surface area contributed by atoms with Gasteiger partial charge < -0.3 is 25.2 Å². The number of carbonyl (C=O) groups is 1. The van der Waals surface area contributed by atoms with Gasteiger partial charge in [0, 0.05) is 13.1 Å². The van der Waals surface area contributed by atoms with Crippen molar-refractivity contribution in [2.45, 2.75) is 39.5 Å². The summed E-state index contributed by atoms with van der Waals surface area (Å²) in [5.74, 6) is -0.245. The molecule has 0 unspecified atom stereocenters. The summed E-state index contributed by atoms with van der Waals surface area (Å²) in [5.41, 5.74) is 1.14. The molecule has 9 heteroatoms. The van der Waals surface area contributed by atoms with Crippen LogP contribution in [0.3, 0.4) is 0 Å². The van der Waals surface area contributed by atoms with Gasteiger partial charge in [-0.15, -0.1) is 0 Å². The number of hydrogen-bond donors (Lipinski definition) is 3. The molecule has 2 aliphatic rings. The summed E-state index contributed by atoms with van der Waals surface area (Å²) < 4.78 is 12.5. The topological polar surface area (TPSA) is 115 Å². The van der Waals surface area contributed by atoms with Gasteiger partial charge >= 0.3 is 0 Å². The van der Waals surface area contributed by atoms with Crippen LogP contribution in [0.25, 0.3) is 5.57 Å². The second kappa shape index (κ2) is 9.11. The first-order chi connectivity index (χ1) is 15.8. The SMILES string of the molecule is CCOC1=CC=C(c2ccccc2CNC(=O)c2nc3n(c(=O)c2O)CCOC3(C)C)CN1. The molecule has 0 spiro atoms. The van der Waals surface area contributed by atoms with E-state index in [0.717, 1.165) is 22.6 Å². The van der Waals surface area contributed by atoms with Crippen molar-refractivity contribution in [2.24, 2.45) is 0 Å². The second-order valence-electron chi connectivity index (χ2n) is 8.30. The Hall–Kier alpha value is -3.59. The Kier molecular flexibility index (Phi) is 6.24. The average Bonchev–Trinajstić information content (AvgIpc) is 2.81. The molecule has 9 nitrogen and oxygen atoms in total. The van der Waals surface area contributed by atoms with Gasteiger partial charge in [-0.1, -0.05) is 30.3 Å². The summed E-state index contributed by atoms with van der Waals surface area (Å²) in [7, 11) is 0. The van der Waals surface area contributed by atoms with Gasteiger partial charge in [-0.3, -0.25) is 14.2 Å². The molecule has 0 fully saturated rings. The summed E-state index contributed by atoms with van der Waals surface area (Å²) in [5, 5.41) is 16.4. The molecule has 33 heavy (non-hydrogen) atoms. The minimum absolute atomic E-state index is 0.202. The average molecular weight is 453 g/mol. The van der Waals surface area contributed by atoms with Crippen LogP contribution in [-0.2, 0) is 28.2 Å². The fourth-order valence-electron chi connectivity index (χ4n) is 3.99. The molecule has 1 aromatic heterocycles. The molecule has 0 bridgehead atoms. The summed E-state index contributed by atoms with van der Waals surface area (Å²) in [6, 6.07) is 7.73. The van der Waals surface area contributed by atoms with Crippen molar-refractivity contribution in [3.05, 3.63) is 75.3 Å². The van der Waals surface area contributed by atoms with Crippen molar-refractivity contribution >= 4 is 11.5 Å². The van der Waals surface area contributed by atoms with E-state index in [1.807, 2.05) is 43.3 Å². The Labute approximate surface area is 191 Å². The number of ether oxygens (including phenoxy) is 2. The Morgan fingerprint density at radius 2 is 2.12 bits per heavy atom. The van der Waals surface area contributed by atoms with E-state index in [2.05, 4.69) is 15.6 Å². The van der Waals surface area contributed by atoms with Crippen molar-refractivity contribution in [1.82, 2.24) is 20.2 Å². The molecule has 0 saturated carbocycles. The maximum Gasteiger partial charge on any atom is 0.296 e. The number of allylic oxidation sites excluding steroid dienone is 2. The molecule has 1 amide bonds. The fourth-order valence-corrected chi connectivity index (χ4v) is 3.99. The molecule has 0 saturated heterocycles. The number of dihydropyridines is 1. The lowest BCUT2D eigenvalue weighted by Gasteiger charge is -2.32. The molecule has 4 rings (SSSR count). The van der Waals surface area contributed by atoms with Crippen molar-refractivity contribution in [1.29, 1.82) is 0 Å². The van der Waals surface area contributed by atoms with Crippen molar-refractivity contribution in [2.75, 3.05) is 19.8 Å². The van der Waals surface area contributed by atoms with E-state index in [-0.39, 0.29) is 18.8 Å². The van der Waals surface area contributed by atoms with Crippen LogP contribution < -0.4 is 16.2 Å². The van der Waals surface area contributed by atoms with Crippen LogP contribution in [-0.4, -0.2) is 40.3 Å². The third-order valence-electron chi connectivity index (χ3n) is 5.67. The van der Waals surface area contributed by atoms with E-state index < -0.39 is 22.8 Å². The molecule has 2 aromatic rings. The largest absolute Gasteiger partial charge is 0.501 e. The monoisotopic (exact) mass is 452 g/mol. The molecule has 0 radical (unpaired) electrons. The lowest BCUT2D eigenvalue weighted by Crippen LogP contribution is -2.42. The van der Waals surface area contributed by atoms with E-state index in [4.69, 9.17) is 9.47 Å². The number of rotatable bonds is 6. The number of aromatic hydroxyl groups is 1. The molecule has 1 aromatic carbocycles. The van der Waals surface area contributed by atoms with Crippen molar-refractivity contribution in [3.8, 4) is 5.75 Å². The quantitative estimate of drug-likeness (QED) is 0.614. The first-order valence-corrected chi connectivity index (χ1v) is 10.9. The Morgan fingerprint density at radius 3 is 2.85 bits per heavy atom. The zero-order chi connectivity index (χ0) is 23.6. The van der Waals surface area contributed by atoms with Crippen LogP contribution in [0.2, 0.25) is 0 Å². The Bertz CT molecular complexity index is 1200. The highest BCUT2D eigenvalue weighted by Crippen LogP contribution is 2.27. The number of carbonyl (C=O) groups excluding carboxylic acids is 1. The van der Waals surface area contributed by atoms with Gasteiger partial charge in [0.25, 0.3) is 11.5 Å². The molecule has 2 aliphatic heterocycles. The molecular formula is C24H28N4O5. The van der Waals surface area contributed by atoms with Crippen LogP contribution in [0.1, 0.15) is 48.2 Å². The maximum absolute atomic E-state index is 12.9. The van der Waals surface area contributed by atoms with Crippen LogP contribution in [0.15, 0.2) is 47.1 Å². The smallest absolute Gasteiger partial charge is 0.296 e. The van der Waals surface area contributed by atoms with Gasteiger partial charge in [0.15, 0.2) is 11.6 Å². The summed E-state index contributed by atoms with van der Waals surface area (Å²) >= 11 is 0. The maximum atomic E-state index is 12.9. The third kappa shape index (κ3) is 4.49. The molecule has 3 heterocycles. The molecule has 0 atom stereocenters. The van der Waals surface area contributed by atoms with Gasteiger partial charge in [-0.05, 0) is 43.5 Å². The summed E-state index contributed by atoms with van der Waals surface area (Å²) in [6.45, 7) is 7.46. The van der Waals surface area contributed by atoms with Crippen molar-refractivity contribution < 1.29 is 19.4 Å². The minimum Gasteiger partial charge on any atom is -0.501 e. The predicted octanol–water partition coefficient (Wildman–Crippen LogP) is 2.01. The second-order valence-corrected chi connectivity index (χ2v) is 8.30. The van der Waals surface area contributed by atoms with Gasteiger partial charge in [0.1, 0.15) is 11.4 Å². The van der Waals surface area contributed by atoms with E-state index in [9.17, 15) is 14.7 Å². The number of aromatic nitrogens is 2. The minimum atomic E-state index is -0.846. The summed E-state index contributed by atoms with van der Waals surface area (Å²) in [4.78, 5) is 29.9. The lowest BCUT2D eigenvalue weighted by molar-refractivity contribution is -0.0566. The Morgan fingerprint density at radius 1 is 1.33 bits per heavy atom. The van der Waals surface area contributed by atoms with E-state index in [1.54, 1.807) is 13.8 Å². The van der Waals surface area contributed by atoms with E-state index in [1.165, 1.54) is 4.57 Å². The highest BCUT2D eigenvalue weighted by Gasteiger charge is 2.34. The van der Waals surface area contributed by atoms with Crippen LogP contribution in [0.4, 0.5) is 0 Å². The van der Waals surface area contributed by atoms with Crippen LogP contribution in [0.5, 0.6) is 5.75 Å². The fraction of sp³-hybridized carbons (Fsp3) is 0.375. The number of nitrogens with zero attached hydrogens (tertiary/aromatic N) is 2. The van der Waals surface area contributed by atoms with Crippen LogP contribution in [0, 0.1) is 0 Å². The van der Waals surface area contributed by atoms with Crippen molar-refractivity contribution in [3.63, 3.8) is 0 Å². The third-order valence-corrected chi connectivity index (χ3v) is 5.67. The van der Waals surface area contributed by atoms with Gasteiger partial charge in [0.05, 0.1) is 19.8 Å². The van der Waals surface area contributed by atoms with E-state index in [0.29, 0.717) is 25.6 Å². The standard InChI is InChI=1S/C24H28N4O5/c1-4-32-18-10-9-16(13-25-18)17-8-6-5-7-15(17)14-26-21(30)19-20(29)22(31)28-11-12-33-24(2,3)23(28)27-19/h5-10,25,29H,4,11-14H2,1-3H3,(H,26,30). The zero-order valence-corrected chi connectivity index (χ0v) is 19.0. The molecule has 3 N–H and O–H groups in total. The molecule has 0 aliphatic carbocycles. The number of fused-ring (bicyclic) bond motifs is 1. The van der Waals surface area contributed by atoms with E-state index >= 15 is 0 Å². The number of hydrogen-bond acceptors (Lipinski definition) is 7. The number of benzene rings is 1.